The lowest BCUT2D eigenvalue weighted by atomic mass is 10.1. The molecule has 0 spiro atoms. The van der Waals surface area contributed by atoms with Crippen LogP contribution in [-0.2, 0) is 0 Å². The molecule has 0 saturated heterocycles. The first-order valence-electron chi connectivity index (χ1n) is 4.66. The molecule has 0 aliphatic carbocycles. The van der Waals surface area contributed by atoms with Gasteiger partial charge in [0.1, 0.15) is 0 Å². The maximum atomic E-state index is 5.28. The van der Waals surface area contributed by atoms with E-state index in [-0.39, 0.29) is 11.9 Å². The molecule has 1 aromatic carbocycles. The summed E-state index contributed by atoms with van der Waals surface area (Å²) in [6, 6.07) is 5.60. The fraction of sp³-hybridized carbons (Fsp3) is 0.200. The largest absolute Gasteiger partial charge is 0.454 e. The summed E-state index contributed by atoms with van der Waals surface area (Å²) in [4.78, 5) is 0. The fourth-order valence-electron chi connectivity index (χ4n) is 1.33. The molecular weight excluding hydrogens is 226 g/mol. The van der Waals surface area contributed by atoms with Crippen molar-refractivity contribution in [1.82, 2.24) is 5.43 Å². The lowest BCUT2D eigenvalue weighted by Gasteiger charge is -2.03. The average molecular weight is 237 g/mol. The Hall–Kier alpha value is -1.82. The summed E-state index contributed by atoms with van der Waals surface area (Å²) in [7, 11) is 0. The van der Waals surface area contributed by atoms with Gasteiger partial charge in [-0.1, -0.05) is 0 Å². The Morgan fingerprint density at radius 2 is 2.19 bits per heavy atom. The number of rotatable bonds is 2. The number of hydrogen-bond acceptors (Lipinski definition) is 4. The van der Waals surface area contributed by atoms with Crippen LogP contribution in [0.25, 0.3) is 0 Å². The number of nitrogens with zero attached hydrogens (tertiary/aromatic N) is 1. The van der Waals surface area contributed by atoms with Crippen LogP contribution in [0, 0.1) is 0 Å². The van der Waals surface area contributed by atoms with Crippen LogP contribution in [0.3, 0.4) is 0 Å². The molecule has 0 fully saturated rings. The molecule has 84 valence electrons. The van der Waals surface area contributed by atoms with E-state index < -0.39 is 0 Å². The van der Waals surface area contributed by atoms with Gasteiger partial charge in [0.05, 0.1) is 5.71 Å². The first-order valence-corrected chi connectivity index (χ1v) is 5.07. The van der Waals surface area contributed by atoms with E-state index in [0.29, 0.717) is 0 Å². The summed E-state index contributed by atoms with van der Waals surface area (Å²) in [5, 5.41) is 4.16. The molecule has 5 nitrogen and oxygen atoms in total. The van der Waals surface area contributed by atoms with Crippen LogP contribution in [0.1, 0.15) is 12.5 Å². The quantitative estimate of drug-likeness (QED) is 0.456. The highest BCUT2D eigenvalue weighted by Crippen LogP contribution is 2.32. The number of benzene rings is 1. The predicted molar refractivity (Wildman–Crippen MR) is 64.7 cm³/mol. The zero-order valence-corrected chi connectivity index (χ0v) is 9.50. The number of ether oxygens (including phenoxy) is 2. The van der Waals surface area contributed by atoms with Crippen LogP contribution >= 0.6 is 12.2 Å². The van der Waals surface area contributed by atoms with Crippen molar-refractivity contribution < 1.29 is 9.47 Å². The Morgan fingerprint density at radius 1 is 1.44 bits per heavy atom. The molecule has 0 saturated carbocycles. The summed E-state index contributed by atoms with van der Waals surface area (Å²) >= 11 is 4.66. The minimum Gasteiger partial charge on any atom is -0.454 e. The minimum absolute atomic E-state index is 0.139. The summed E-state index contributed by atoms with van der Waals surface area (Å²) in [5.41, 5.74) is 9.51. The molecule has 0 radical (unpaired) electrons. The number of hydrogen-bond donors (Lipinski definition) is 2. The number of hydrazone groups is 1. The van der Waals surface area contributed by atoms with Gasteiger partial charge in [0, 0.05) is 5.56 Å². The Kier molecular flexibility index (Phi) is 2.91. The zero-order chi connectivity index (χ0) is 11.5. The van der Waals surface area contributed by atoms with Crippen LogP contribution in [0.4, 0.5) is 0 Å². The summed E-state index contributed by atoms with van der Waals surface area (Å²) in [6.45, 7) is 2.11. The molecule has 2 rings (SSSR count). The van der Waals surface area contributed by atoms with Crippen molar-refractivity contribution in [2.75, 3.05) is 6.79 Å². The van der Waals surface area contributed by atoms with E-state index in [4.69, 9.17) is 15.2 Å². The van der Waals surface area contributed by atoms with Gasteiger partial charge in [-0.05, 0) is 37.3 Å². The highest BCUT2D eigenvalue weighted by molar-refractivity contribution is 7.80. The average Bonchev–Trinajstić information content (AvgIpc) is 2.72. The van der Waals surface area contributed by atoms with Crippen molar-refractivity contribution >= 4 is 23.0 Å². The van der Waals surface area contributed by atoms with Crippen LogP contribution in [0.5, 0.6) is 11.5 Å². The standard InChI is InChI=1S/C10H11N3O2S/c1-6(12-13-10(11)16)7-2-3-8-9(4-7)15-5-14-8/h2-4H,5H2,1H3,(H3,11,13,16)/b12-6+. The smallest absolute Gasteiger partial charge is 0.231 e. The molecule has 0 amide bonds. The predicted octanol–water partition coefficient (Wildman–Crippen LogP) is 0.973. The highest BCUT2D eigenvalue weighted by Gasteiger charge is 2.13. The number of thiocarbonyl (C=S) groups is 1. The summed E-state index contributed by atoms with van der Waals surface area (Å²) in [6.07, 6.45) is 0. The Balaban J connectivity index is 2.21. The third-order valence-electron chi connectivity index (χ3n) is 2.12. The Labute approximate surface area is 98.2 Å². The SMILES string of the molecule is C/C(=N\NC(N)=S)c1ccc2c(c1)OCO2. The molecule has 0 atom stereocenters. The Morgan fingerprint density at radius 3 is 2.94 bits per heavy atom. The lowest BCUT2D eigenvalue weighted by molar-refractivity contribution is 0.174. The maximum absolute atomic E-state index is 5.28. The fourth-order valence-corrected chi connectivity index (χ4v) is 1.37. The van der Waals surface area contributed by atoms with Gasteiger partial charge in [0.25, 0.3) is 0 Å². The Bertz CT molecular complexity index is 459. The number of nitrogens with one attached hydrogen (secondary N) is 1. The molecular formula is C10H11N3O2S. The van der Waals surface area contributed by atoms with E-state index in [1.807, 2.05) is 25.1 Å². The molecule has 3 N–H and O–H groups in total. The molecule has 1 aliphatic heterocycles. The second-order valence-corrected chi connectivity index (χ2v) is 3.68. The van der Waals surface area contributed by atoms with Crippen molar-refractivity contribution in [1.29, 1.82) is 0 Å². The van der Waals surface area contributed by atoms with E-state index in [9.17, 15) is 0 Å². The van der Waals surface area contributed by atoms with Crippen LogP contribution in [0.2, 0.25) is 0 Å². The topological polar surface area (TPSA) is 68.9 Å². The van der Waals surface area contributed by atoms with Crippen molar-refractivity contribution in [3.8, 4) is 11.5 Å². The van der Waals surface area contributed by atoms with Crippen LogP contribution in [-0.4, -0.2) is 17.6 Å². The van der Waals surface area contributed by atoms with E-state index in [0.717, 1.165) is 22.8 Å². The first-order chi connectivity index (χ1) is 7.66. The molecule has 1 aliphatic rings. The van der Waals surface area contributed by atoms with Gasteiger partial charge in [-0.2, -0.15) is 5.10 Å². The van der Waals surface area contributed by atoms with E-state index in [2.05, 4.69) is 22.7 Å². The van der Waals surface area contributed by atoms with Gasteiger partial charge in [-0.25, -0.2) is 0 Å². The van der Waals surface area contributed by atoms with Gasteiger partial charge >= 0.3 is 0 Å². The number of nitrogens with two attached hydrogens (primary N) is 1. The van der Waals surface area contributed by atoms with Gasteiger partial charge in [-0.3, -0.25) is 5.43 Å². The van der Waals surface area contributed by atoms with Gasteiger partial charge in [0.2, 0.25) is 6.79 Å². The van der Waals surface area contributed by atoms with E-state index >= 15 is 0 Å². The molecule has 1 aromatic rings. The third kappa shape index (κ3) is 2.22. The lowest BCUT2D eigenvalue weighted by Crippen LogP contribution is -2.25. The van der Waals surface area contributed by atoms with E-state index in [1.54, 1.807) is 0 Å². The van der Waals surface area contributed by atoms with Crippen molar-refractivity contribution in [2.24, 2.45) is 10.8 Å². The normalized spacial score (nSPS) is 13.7. The van der Waals surface area contributed by atoms with Gasteiger partial charge in [-0.15, -0.1) is 0 Å². The van der Waals surface area contributed by atoms with Gasteiger partial charge in [0.15, 0.2) is 16.6 Å². The monoisotopic (exact) mass is 237 g/mol. The second kappa shape index (κ2) is 4.36. The van der Waals surface area contributed by atoms with Crippen molar-refractivity contribution in [2.45, 2.75) is 6.92 Å². The molecule has 6 heteroatoms. The van der Waals surface area contributed by atoms with Crippen molar-refractivity contribution in [3.05, 3.63) is 23.8 Å². The maximum Gasteiger partial charge on any atom is 0.231 e. The molecule has 0 bridgehead atoms. The van der Waals surface area contributed by atoms with Crippen molar-refractivity contribution in [3.63, 3.8) is 0 Å². The van der Waals surface area contributed by atoms with Crippen LogP contribution < -0.4 is 20.6 Å². The van der Waals surface area contributed by atoms with Gasteiger partial charge < -0.3 is 15.2 Å². The molecule has 0 aromatic heterocycles. The zero-order valence-electron chi connectivity index (χ0n) is 8.69. The summed E-state index contributed by atoms with van der Waals surface area (Å²) < 4.78 is 10.5. The third-order valence-corrected chi connectivity index (χ3v) is 2.22. The molecule has 1 heterocycles. The second-order valence-electron chi connectivity index (χ2n) is 3.24. The summed E-state index contributed by atoms with van der Waals surface area (Å²) in [5.74, 6) is 1.47. The van der Waals surface area contributed by atoms with E-state index in [1.165, 1.54) is 0 Å². The molecule has 16 heavy (non-hydrogen) atoms. The highest BCUT2D eigenvalue weighted by atomic mass is 32.1. The van der Waals surface area contributed by atoms with Crippen LogP contribution in [0.15, 0.2) is 23.3 Å². The molecule has 0 unspecified atom stereocenters. The number of fused-ring (bicyclic) bond motifs is 1. The first kappa shape index (κ1) is 10.7. The minimum atomic E-state index is 0.139.